The maximum atomic E-state index is 13.1. The molecule has 0 heterocycles. The molecule has 5 heteroatoms. The van der Waals surface area contributed by atoms with Crippen LogP contribution in [0.4, 0.5) is 0 Å². The first-order valence-corrected chi connectivity index (χ1v) is 9.21. The molecule has 0 spiro atoms. The van der Waals surface area contributed by atoms with Crippen LogP contribution in [-0.2, 0) is 4.79 Å². The molecule has 1 saturated carbocycles. The molecule has 5 nitrogen and oxygen atoms in total. The van der Waals surface area contributed by atoms with Crippen LogP contribution in [0.1, 0.15) is 36.8 Å². The van der Waals surface area contributed by atoms with Crippen molar-refractivity contribution < 1.29 is 24.5 Å². The van der Waals surface area contributed by atoms with Gasteiger partial charge >= 0.3 is 0 Å². The van der Waals surface area contributed by atoms with Crippen LogP contribution in [0.3, 0.4) is 0 Å². The van der Waals surface area contributed by atoms with E-state index < -0.39 is 0 Å². The second kappa shape index (κ2) is 8.65. The number of rotatable bonds is 4. The van der Waals surface area contributed by atoms with E-state index in [1.807, 2.05) is 12.2 Å². The second-order valence-corrected chi connectivity index (χ2v) is 6.74. The summed E-state index contributed by atoms with van der Waals surface area (Å²) in [5, 5.41) is 19.5. The van der Waals surface area contributed by atoms with Crippen LogP contribution in [0.2, 0.25) is 0 Å². The van der Waals surface area contributed by atoms with Gasteiger partial charge in [0.05, 0.1) is 14.2 Å². The SMILES string of the molecule is COc1cc(/C=C2\CCCC/C(=C\c3ccc(O)c(OC)c3)C2=O)ccc1O. The summed E-state index contributed by atoms with van der Waals surface area (Å²) in [5.41, 5.74) is 3.10. The summed E-state index contributed by atoms with van der Waals surface area (Å²) in [4.78, 5) is 13.1. The van der Waals surface area contributed by atoms with E-state index in [4.69, 9.17) is 9.47 Å². The number of hydrogen-bond acceptors (Lipinski definition) is 5. The first kappa shape index (κ1) is 19.5. The monoisotopic (exact) mass is 380 g/mol. The molecular formula is C23H24O5. The molecule has 0 bridgehead atoms. The van der Waals surface area contributed by atoms with E-state index >= 15 is 0 Å². The van der Waals surface area contributed by atoms with Crippen molar-refractivity contribution in [3.05, 3.63) is 58.7 Å². The molecule has 0 amide bonds. The number of aromatic hydroxyl groups is 2. The van der Waals surface area contributed by atoms with E-state index in [0.717, 1.165) is 35.1 Å². The normalized spacial score (nSPS) is 17.6. The van der Waals surface area contributed by atoms with Gasteiger partial charge in [-0.3, -0.25) is 4.79 Å². The van der Waals surface area contributed by atoms with E-state index in [9.17, 15) is 15.0 Å². The molecule has 0 aromatic heterocycles. The van der Waals surface area contributed by atoms with Crippen molar-refractivity contribution in [3.63, 3.8) is 0 Å². The average molecular weight is 380 g/mol. The Bertz CT molecular complexity index is 865. The molecule has 0 unspecified atom stereocenters. The molecule has 28 heavy (non-hydrogen) atoms. The van der Waals surface area contributed by atoms with Crippen LogP contribution in [0.25, 0.3) is 12.2 Å². The third kappa shape index (κ3) is 4.36. The van der Waals surface area contributed by atoms with Gasteiger partial charge in [0.25, 0.3) is 0 Å². The number of ketones is 1. The van der Waals surface area contributed by atoms with Gasteiger partial charge in [-0.25, -0.2) is 0 Å². The molecule has 0 radical (unpaired) electrons. The maximum Gasteiger partial charge on any atom is 0.185 e. The fourth-order valence-corrected chi connectivity index (χ4v) is 3.31. The van der Waals surface area contributed by atoms with Gasteiger partial charge in [0.1, 0.15) is 0 Å². The average Bonchev–Trinajstić information content (AvgIpc) is 2.87. The Labute approximate surface area is 164 Å². The molecule has 2 N–H and O–H groups in total. The number of Topliss-reactive ketones (excluding diaryl/α,β-unsaturated/α-hetero) is 1. The highest BCUT2D eigenvalue weighted by atomic mass is 16.5. The lowest BCUT2D eigenvalue weighted by Gasteiger charge is -2.08. The molecule has 0 atom stereocenters. The summed E-state index contributed by atoms with van der Waals surface area (Å²) in [5.74, 6) is 0.916. The quantitative estimate of drug-likeness (QED) is 0.593. The second-order valence-electron chi connectivity index (χ2n) is 6.74. The Kier molecular flexibility index (Phi) is 6.04. The van der Waals surface area contributed by atoms with Gasteiger partial charge in [-0.15, -0.1) is 0 Å². The van der Waals surface area contributed by atoms with Crippen LogP contribution in [0, 0.1) is 0 Å². The van der Waals surface area contributed by atoms with Crippen molar-refractivity contribution in [2.45, 2.75) is 25.7 Å². The minimum absolute atomic E-state index is 0.0246. The van der Waals surface area contributed by atoms with Gasteiger partial charge in [-0.05, 0) is 73.2 Å². The Morgan fingerprint density at radius 3 is 1.61 bits per heavy atom. The van der Waals surface area contributed by atoms with Gasteiger partial charge in [0.15, 0.2) is 28.8 Å². The molecule has 3 rings (SSSR count). The Morgan fingerprint density at radius 2 is 1.21 bits per heavy atom. The molecule has 1 fully saturated rings. The highest BCUT2D eigenvalue weighted by Gasteiger charge is 2.19. The first-order chi connectivity index (χ1) is 13.5. The summed E-state index contributed by atoms with van der Waals surface area (Å²) in [6, 6.07) is 10.1. The zero-order chi connectivity index (χ0) is 20.1. The molecule has 1 aliphatic carbocycles. The van der Waals surface area contributed by atoms with E-state index in [1.54, 1.807) is 36.4 Å². The number of benzene rings is 2. The Morgan fingerprint density at radius 1 is 0.786 bits per heavy atom. The minimum Gasteiger partial charge on any atom is -0.504 e. The van der Waals surface area contributed by atoms with Gasteiger partial charge in [0.2, 0.25) is 0 Å². The number of ether oxygens (including phenoxy) is 2. The molecule has 0 saturated heterocycles. The fourth-order valence-electron chi connectivity index (χ4n) is 3.31. The number of allylic oxidation sites excluding steroid dienone is 2. The predicted octanol–water partition coefficient (Wildman–Crippen LogP) is 4.73. The van der Waals surface area contributed by atoms with Crippen molar-refractivity contribution in [3.8, 4) is 23.0 Å². The largest absolute Gasteiger partial charge is 0.504 e. The zero-order valence-corrected chi connectivity index (χ0v) is 16.1. The number of carbonyl (C=O) groups excluding carboxylic acids is 1. The van der Waals surface area contributed by atoms with Gasteiger partial charge in [-0.2, -0.15) is 0 Å². The third-order valence-electron chi connectivity index (χ3n) is 4.81. The highest BCUT2D eigenvalue weighted by Crippen LogP contribution is 2.32. The molecule has 0 aliphatic heterocycles. The number of phenols is 2. The van der Waals surface area contributed by atoms with Crippen LogP contribution >= 0.6 is 0 Å². The Balaban J connectivity index is 1.94. The van der Waals surface area contributed by atoms with Crippen molar-refractivity contribution in [2.75, 3.05) is 14.2 Å². The van der Waals surface area contributed by atoms with Crippen LogP contribution in [0.5, 0.6) is 23.0 Å². The molecule has 2 aromatic carbocycles. The summed E-state index contributed by atoms with van der Waals surface area (Å²) < 4.78 is 10.3. The standard InChI is InChI=1S/C23H24O5/c1-27-21-13-15(7-9-19(21)24)11-17-5-3-4-6-18(23(17)26)12-16-8-10-20(25)22(14-16)28-2/h7-14,24-25H,3-6H2,1-2H3/b17-11+,18-12+. The predicted molar refractivity (Wildman–Crippen MR) is 109 cm³/mol. The van der Waals surface area contributed by atoms with Crippen molar-refractivity contribution in [2.24, 2.45) is 0 Å². The third-order valence-corrected chi connectivity index (χ3v) is 4.81. The lowest BCUT2D eigenvalue weighted by Crippen LogP contribution is -2.04. The fraction of sp³-hybridized carbons (Fsp3) is 0.261. The van der Waals surface area contributed by atoms with Gasteiger partial charge < -0.3 is 19.7 Å². The number of hydrogen-bond donors (Lipinski definition) is 2. The number of carbonyl (C=O) groups is 1. The van der Waals surface area contributed by atoms with E-state index in [0.29, 0.717) is 24.3 Å². The van der Waals surface area contributed by atoms with Crippen LogP contribution in [0.15, 0.2) is 47.5 Å². The van der Waals surface area contributed by atoms with Crippen LogP contribution in [-0.4, -0.2) is 30.2 Å². The van der Waals surface area contributed by atoms with E-state index in [-0.39, 0.29) is 17.3 Å². The lowest BCUT2D eigenvalue weighted by molar-refractivity contribution is -0.112. The van der Waals surface area contributed by atoms with Crippen molar-refractivity contribution in [1.29, 1.82) is 0 Å². The van der Waals surface area contributed by atoms with E-state index in [2.05, 4.69) is 0 Å². The topological polar surface area (TPSA) is 76.0 Å². The maximum absolute atomic E-state index is 13.1. The molecule has 2 aromatic rings. The highest BCUT2D eigenvalue weighted by molar-refractivity contribution is 6.13. The van der Waals surface area contributed by atoms with Crippen molar-refractivity contribution in [1.82, 2.24) is 0 Å². The molecule has 146 valence electrons. The minimum atomic E-state index is 0.0246. The number of methoxy groups -OCH3 is 2. The summed E-state index contributed by atoms with van der Waals surface area (Å²) in [6.07, 6.45) is 7.00. The zero-order valence-electron chi connectivity index (χ0n) is 16.1. The first-order valence-electron chi connectivity index (χ1n) is 9.21. The molecule has 1 aliphatic rings. The summed E-state index contributed by atoms with van der Waals surface area (Å²) in [7, 11) is 2.99. The molecular weight excluding hydrogens is 356 g/mol. The number of phenolic OH excluding ortho intramolecular Hbond substituents is 2. The summed E-state index contributed by atoms with van der Waals surface area (Å²) in [6.45, 7) is 0. The summed E-state index contributed by atoms with van der Waals surface area (Å²) >= 11 is 0. The van der Waals surface area contributed by atoms with Crippen molar-refractivity contribution >= 4 is 17.9 Å². The van der Waals surface area contributed by atoms with Crippen LogP contribution < -0.4 is 9.47 Å². The lowest BCUT2D eigenvalue weighted by atomic mass is 9.97. The Hall–Kier alpha value is -3.21. The smallest absolute Gasteiger partial charge is 0.185 e. The van der Waals surface area contributed by atoms with Gasteiger partial charge in [0, 0.05) is 11.1 Å². The van der Waals surface area contributed by atoms with E-state index in [1.165, 1.54) is 14.2 Å². The van der Waals surface area contributed by atoms with Gasteiger partial charge in [-0.1, -0.05) is 12.1 Å².